The van der Waals surface area contributed by atoms with E-state index in [4.69, 9.17) is 4.74 Å². The first-order valence-electron chi connectivity index (χ1n) is 3.77. The molecule has 2 heterocycles. The summed E-state index contributed by atoms with van der Waals surface area (Å²) in [4.78, 5) is 4.34. The number of nitrogens with one attached hydrogen (secondary N) is 1. The average Bonchev–Trinajstić information content (AvgIpc) is 2.39. The third-order valence-corrected chi connectivity index (χ3v) is 2.29. The van der Waals surface area contributed by atoms with Crippen molar-refractivity contribution in [3.63, 3.8) is 0 Å². The molecule has 0 atom stereocenters. The molecule has 0 radical (unpaired) electrons. The summed E-state index contributed by atoms with van der Waals surface area (Å²) in [5.41, 5.74) is 0.158. The number of aliphatic imine (C=N–C) groups is 1. The van der Waals surface area contributed by atoms with Crippen LogP contribution in [0.2, 0.25) is 0 Å². The Morgan fingerprint density at radius 1 is 1.40 bits per heavy atom. The molecule has 2 aliphatic heterocycles. The van der Waals surface area contributed by atoms with Crippen molar-refractivity contribution < 1.29 is 4.74 Å². The van der Waals surface area contributed by atoms with Crippen molar-refractivity contribution in [2.45, 2.75) is 18.4 Å². The molecule has 0 aromatic carbocycles. The van der Waals surface area contributed by atoms with Gasteiger partial charge in [-0.15, -0.1) is 0 Å². The largest absolute Gasteiger partial charge is 0.481 e. The van der Waals surface area contributed by atoms with Crippen LogP contribution in [0.15, 0.2) is 4.99 Å². The summed E-state index contributed by atoms with van der Waals surface area (Å²) in [7, 11) is 0. The van der Waals surface area contributed by atoms with E-state index in [0.717, 1.165) is 32.5 Å². The van der Waals surface area contributed by atoms with Crippen LogP contribution < -0.4 is 5.32 Å². The summed E-state index contributed by atoms with van der Waals surface area (Å²) in [5, 5.41) is 3.31. The van der Waals surface area contributed by atoms with Crippen LogP contribution in [0.3, 0.4) is 0 Å². The Bertz CT molecular complexity index is 150. The Balaban J connectivity index is 2.05. The molecule has 0 aromatic heterocycles. The lowest BCUT2D eigenvalue weighted by Gasteiger charge is -2.28. The van der Waals surface area contributed by atoms with E-state index >= 15 is 0 Å². The number of rotatable bonds is 0. The zero-order chi connectivity index (χ0) is 6.86. The number of ether oxygens (including phenoxy) is 1. The highest BCUT2D eigenvalue weighted by molar-refractivity contribution is 5.50. The summed E-state index contributed by atoms with van der Waals surface area (Å²) in [6.45, 7) is 2.97. The molecule has 1 fully saturated rings. The maximum atomic E-state index is 5.12. The predicted molar refractivity (Wildman–Crippen MR) is 39.3 cm³/mol. The molecule has 1 saturated heterocycles. The Hall–Kier alpha value is -0.570. The third-order valence-electron chi connectivity index (χ3n) is 2.29. The molecule has 0 bridgehead atoms. The van der Waals surface area contributed by atoms with E-state index in [1.807, 2.05) is 0 Å². The summed E-state index contributed by atoms with van der Waals surface area (Å²) < 4.78 is 5.12. The van der Waals surface area contributed by atoms with Crippen molar-refractivity contribution in [3.05, 3.63) is 0 Å². The maximum Gasteiger partial charge on any atom is 0.170 e. The normalized spacial score (nSPS) is 28.8. The van der Waals surface area contributed by atoms with Crippen LogP contribution in [0.4, 0.5) is 0 Å². The molecule has 0 aromatic rings. The molecule has 10 heavy (non-hydrogen) atoms. The van der Waals surface area contributed by atoms with Crippen LogP contribution in [0.5, 0.6) is 0 Å². The molecular formula is C7H12N2O. The van der Waals surface area contributed by atoms with Crippen molar-refractivity contribution in [1.82, 2.24) is 5.32 Å². The number of hydrogen-bond acceptors (Lipinski definition) is 3. The fraction of sp³-hybridized carbons (Fsp3) is 0.857. The molecule has 0 saturated carbocycles. The van der Waals surface area contributed by atoms with Crippen LogP contribution in [-0.4, -0.2) is 31.6 Å². The molecule has 1 N–H and O–H groups in total. The zero-order valence-electron chi connectivity index (χ0n) is 5.97. The van der Waals surface area contributed by atoms with Crippen molar-refractivity contribution >= 4 is 6.40 Å². The molecule has 1 spiro atoms. The molecule has 3 nitrogen and oxygen atoms in total. The van der Waals surface area contributed by atoms with Gasteiger partial charge in [0.2, 0.25) is 0 Å². The van der Waals surface area contributed by atoms with Crippen molar-refractivity contribution in [3.8, 4) is 0 Å². The standard InChI is InChI=1S/C7H12N2O/c1-3-8-4-2-7(1)5-10-6-9-7/h6,8H,1-5H2. The first-order valence-corrected chi connectivity index (χ1v) is 3.77. The molecule has 2 rings (SSSR count). The highest BCUT2D eigenvalue weighted by atomic mass is 16.5. The van der Waals surface area contributed by atoms with E-state index in [-0.39, 0.29) is 5.54 Å². The smallest absolute Gasteiger partial charge is 0.170 e. The van der Waals surface area contributed by atoms with E-state index < -0.39 is 0 Å². The summed E-state index contributed by atoms with van der Waals surface area (Å²) in [5.74, 6) is 0. The second kappa shape index (κ2) is 2.23. The Labute approximate surface area is 60.5 Å². The summed E-state index contributed by atoms with van der Waals surface area (Å²) in [6.07, 6.45) is 3.86. The van der Waals surface area contributed by atoms with Crippen molar-refractivity contribution in [2.75, 3.05) is 19.7 Å². The highest BCUT2D eigenvalue weighted by Gasteiger charge is 2.34. The Kier molecular flexibility index (Phi) is 1.38. The molecular weight excluding hydrogens is 128 g/mol. The minimum atomic E-state index is 0.158. The van der Waals surface area contributed by atoms with Gasteiger partial charge in [0.25, 0.3) is 0 Å². The summed E-state index contributed by atoms with van der Waals surface area (Å²) >= 11 is 0. The van der Waals surface area contributed by atoms with Gasteiger partial charge in [0.1, 0.15) is 12.1 Å². The second-order valence-corrected chi connectivity index (χ2v) is 3.02. The predicted octanol–water partition coefficient (Wildman–Crippen LogP) is 0.167. The Morgan fingerprint density at radius 2 is 2.20 bits per heavy atom. The fourth-order valence-corrected chi connectivity index (χ4v) is 1.54. The van der Waals surface area contributed by atoms with E-state index in [0.29, 0.717) is 0 Å². The van der Waals surface area contributed by atoms with Gasteiger partial charge in [0.05, 0.1) is 0 Å². The van der Waals surface area contributed by atoms with Gasteiger partial charge in [-0.1, -0.05) is 0 Å². The van der Waals surface area contributed by atoms with Gasteiger partial charge in [-0.2, -0.15) is 0 Å². The third kappa shape index (κ3) is 0.904. The zero-order valence-corrected chi connectivity index (χ0v) is 5.97. The van der Waals surface area contributed by atoms with Crippen molar-refractivity contribution in [1.29, 1.82) is 0 Å². The van der Waals surface area contributed by atoms with E-state index in [1.54, 1.807) is 6.40 Å². The lowest BCUT2D eigenvalue weighted by Crippen LogP contribution is -2.41. The molecule has 0 unspecified atom stereocenters. The van der Waals surface area contributed by atoms with E-state index in [1.165, 1.54) is 0 Å². The van der Waals surface area contributed by atoms with E-state index in [9.17, 15) is 0 Å². The van der Waals surface area contributed by atoms with Crippen molar-refractivity contribution in [2.24, 2.45) is 4.99 Å². The SMILES string of the molecule is C1=NC2(CCNCC2)CO1. The topological polar surface area (TPSA) is 33.6 Å². The summed E-state index contributed by atoms with van der Waals surface area (Å²) in [6, 6.07) is 0. The number of piperidine rings is 1. The van der Waals surface area contributed by atoms with Gasteiger partial charge >= 0.3 is 0 Å². The molecule has 2 aliphatic rings. The minimum absolute atomic E-state index is 0.158. The first kappa shape index (κ1) is 6.16. The quantitative estimate of drug-likeness (QED) is 0.520. The van der Waals surface area contributed by atoms with Gasteiger partial charge in [0, 0.05) is 0 Å². The maximum absolute atomic E-state index is 5.12. The van der Waals surface area contributed by atoms with Gasteiger partial charge < -0.3 is 10.1 Å². The molecule has 0 aliphatic carbocycles. The minimum Gasteiger partial charge on any atom is -0.481 e. The lowest BCUT2D eigenvalue weighted by molar-refractivity contribution is 0.218. The van der Waals surface area contributed by atoms with Gasteiger partial charge in [-0.25, -0.2) is 4.99 Å². The number of nitrogens with zero attached hydrogens (tertiary/aromatic N) is 1. The highest BCUT2D eigenvalue weighted by Crippen LogP contribution is 2.25. The number of hydrogen-bond donors (Lipinski definition) is 1. The fourth-order valence-electron chi connectivity index (χ4n) is 1.54. The molecule has 0 amide bonds. The first-order chi connectivity index (χ1) is 4.91. The van der Waals surface area contributed by atoms with Gasteiger partial charge in [-0.3, -0.25) is 0 Å². The van der Waals surface area contributed by atoms with Crippen LogP contribution in [0, 0.1) is 0 Å². The molecule has 56 valence electrons. The van der Waals surface area contributed by atoms with Gasteiger partial charge in [-0.05, 0) is 25.9 Å². The van der Waals surface area contributed by atoms with Crippen LogP contribution in [0.25, 0.3) is 0 Å². The second-order valence-electron chi connectivity index (χ2n) is 3.02. The average molecular weight is 140 g/mol. The van der Waals surface area contributed by atoms with Crippen LogP contribution >= 0.6 is 0 Å². The van der Waals surface area contributed by atoms with E-state index in [2.05, 4.69) is 10.3 Å². The van der Waals surface area contributed by atoms with Crippen LogP contribution in [0.1, 0.15) is 12.8 Å². The monoisotopic (exact) mass is 140 g/mol. The van der Waals surface area contributed by atoms with Crippen LogP contribution in [-0.2, 0) is 4.74 Å². The molecule has 3 heteroatoms. The lowest BCUT2D eigenvalue weighted by atomic mass is 9.91. The van der Waals surface area contributed by atoms with Gasteiger partial charge in [0.15, 0.2) is 6.40 Å². The Morgan fingerprint density at radius 3 is 2.80 bits per heavy atom.